The van der Waals surface area contributed by atoms with Gasteiger partial charge in [-0.3, -0.25) is 0 Å². The number of ether oxygens (including phenoxy) is 3. The van der Waals surface area contributed by atoms with Crippen LogP contribution in [0.3, 0.4) is 0 Å². The SMILES string of the molecule is C.CCc1c(COC)c(NC)nc2ccccc12.CCc1nc(COC)c2[nH]cnc2n1.CCc1nc(COC)c2[nH]cnc2n1. The second-order valence-electron chi connectivity index (χ2n) is 9.92. The van der Waals surface area contributed by atoms with Gasteiger partial charge in [0.1, 0.15) is 28.5 Å². The van der Waals surface area contributed by atoms with Gasteiger partial charge in [-0.05, 0) is 18.1 Å². The Morgan fingerprint density at radius 1 is 0.652 bits per heavy atom. The Hall–Kier alpha value is -4.59. The summed E-state index contributed by atoms with van der Waals surface area (Å²) in [6.45, 7) is 7.76. The summed E-state index contributed by atoms with van der Waals surface area (Å²) in [5.74, 6) is 2.52. The zero-order valence-corrected chi connectivity index (χ0v) is 27.1. The van der Waals surface area contributed by atoms with Crippen LogP contribution in [-0.2, 0) is 53.3 Å². The number of para-hydroxylation sites is 1. The van der Waals surface area contributed by atoms with Crippen LogP contribution in [0.2, 0.25) is 0 Å². The van der Waals surface area contributed by atoms with Crippen molar-refractivity contribution in [3.8, 4) is 0 Å². The van der Waals surface area contributed by atoms with Crippen LogP contribution in [0.1, 0.15) is 62.4 Å². The summed E-state index contributed by atoms with van der Waals surface area (Å²) < 4.78 is 15.4. The molecule has 13 heteroatoms. The molecule has 0 radical (unpaired) electrons. The minimum absolute atomic E-state index is 0. The van der Waals surface area contributed by atoms with E-state index in [0.29, 0.717) is 31.1 Å². The van der Waals surface area contributed by atoms with Gasteiger partial charge in [-0.2, -0.15) is 0 Å². The number of imidazole rings is 2. The summed E-state index contributed by atoms with van der Waals surface area (Å²) in [4.78, 5) is 36.2. The molecule has 6 rings (SSSR count). The van der Waals surface area contributed by atoms with Crippen LogP contribution in [0.5, 0.6) is 0 Å². The first-order valence-corrected chi connectivity index (χ1v) is 14.9. The summed E-state index contributed by atoms with van der Waals surface area (Å²) in [6, 6.07) is 8.24. The maximum atomic E-state index is 5.28. The number of nitrogens with zero attached hydrogens (tertiary/aromatic N) is 7. The molecule has 0 bridgehead atoms. The fourth-order valence-electron chi connectivity index (χ4n) is 4.91. The number of hydrogen-bond donors (Lipinski definition) is 3. The van der Waals surface area contributed by atoms with E-state index in [2.05, 4.69) is 69.2 Å². The number of fused-ring (bicyclic) bond motifs is 3. The van der Waals surface area contributed by atoms with Crippen LogP contribution in [0.4, 0.5) is 5.82 Å². The van der Waals surface area contributed by atoms with Crippen molar-refractivity contribution in [2.24, 2.45) is 0 Å². The number of aromatic amines is 2. The van der Waals surface area contributed by atoms with E-state index in [1.807, 2.05) is 33.0 Å². The molecular formula is C33H46N10O3. The van der Waals surface area contributed by atoms with Crippen LogP contribution < -0.4 is 5.32 Å². The Balaban J connectivity index is 0.000000187. The molecule has 3 N–H and O–H groups in total. The number of pyridine rings is 1. The molecule has 0 fully saturated rings. The first kappa shape index (κ1) is 35.9. The Morgan fingerprint density at radius 2 is 1.17 bits per heavy atom. The molecule has 6 aromatic rings. The molecule has 13 nitrogen and oxygen atoms in total. The van der Waals surface area contributed by atoms with Gasteiger partial charge in [-0.1, -0.05) is 46.4 Å². The van der Waals surface area contributed by atoms with Crippen LogP contribution in [0.25, 0.3) is 33.2 Å². The second kappa shape index (κ2) is 17.8. The van der Waals surface area contributed by atoms with Gasteiger partial charge < -0.3 is 29.5 Å². The molecule has 5 heterocycles. The molecule has 1 aromatic carbocycles. The maximum Gasteiger partial charge on any atom is 0.181 e. The molecule has 0 saturated heterocycles. The van der Waals surface area contributed by atoms with E-state index >= 15 is 0 Å². The van der Waals surface area contributed by atoms with Crippen molar-refractivity contribution in [1.82, 2.24) is 44.9 Å². The number of aromatic nitrogens is 9. The van der Waals surface area contributed by atoms with Crippen LogP contribution in [-0.4, -0.2) is 73.2 Å². The van der Waals surface area contributed by atoms with Crippen molar-refractivity contribution in [3.05, 3.63) is 71.1 Å². The lowest BCUT2D eigenvalue weighted by Gasteiger charge is -2.15. The lowest BCUT2D eigenvalue weighted by atomic mass is 10.0. The zero-order valence-electron chi connectivity index (χ0n) is 27.1. The molecule has 0 unspecified atom stereocenters. The van der Waals surface area contributed by atoms with Crippen molar-refractivity contribution >= 4 is 39.0 Å². The van der Waals surface area contributed by atoms with Gasteiger partial charge in [0, 0.05) is 52.2 Å². The largest absolute Gasteiger partial charge is 0.380 e. The van der Waals surface area contributed by atoms with Crippen molar-refractivity contribution in [2.45, 2.75) is 67.3 Å². The maximum absolute atomic E-state index is 5.28. The summed E-state index contributed by atoms with van der Waals surface area (Å²) in [5, 5.41) is 4.38. The molecule has 5 aromatic heterocycles. The lowest BCUT2D eigenvalue weighted by Crippen LogP contribution is -2.05. The second-order valence-corrected chi connectivity index (χ2v) is 9.92. The molecule has 0 spiro atoms. The number of nitrogens with one attached hydrogen (secondary N) is 3. The van der Waals surface area contributed by atoms with E-state index in [0.717, 1.165) is 70.2 Å². The highest BCUT2D eigenvalue weighted by molar-refractivity contribution is 5.86. The monoisotopic (exact) mass is 630 g/mol. The Morgan fingerprint density at radius 3 is 1.63 bits per heavy atom. The average Bonchev–Trinajstić information content (AvgIpc) is 3.75. The minimum atomic E-state index is 0. The van der Waals surface area contributed by atoms with Gasteiger partial charge in [0.15, 0.2) is 11.3 Å². The molecule has 0 aliphatic heterocycles. The molecule has 0 saturated carbocycles. The number of methoxy groups -OCH3 is 3. The minimum Gasteiger partial charge on any atom is -0.380 e. The van der Waals surface area contributed by atoms with Gasteiger partial charge in [-0.15, -0.1) is 0 Å². The predicted molar refractivity (Wildman–Crippen MR) is 182 cm³/mol. The quantitative estimate of drug-likeness (QED) is 0.169. The topological polar surface area (TPSA) is 162 Å². The Bertz CT molecular complexity index is 1730. The molecule has 46 heavy (non-hydrogen) atoms. The van der Waals surface area contributed by atoms with Crippen LogP contribution >= 0.6 is 0 Å². The summed E-state index contributed by atoms with van der Waals surface area (Å²) in [7, 11) is 6.91. The van der Waals surface area contributed by atoms with E-state index in [4.69, 9.17) is 14.2 Å². The van der Waals surface area contributed by atoms with Gasteiger partial charge in [0.2, 0.25) is 0 Å². The molecule has 0 aliphatic carbocycles. The van der Waals surface area contributed by atoms with E-state index < -0.39 is 0 Å². The van der Waals surface area contributed by atoms with E-state index in [1.165, 1.54) is 10.9 Å². The van der Waals surface area contributed by atoms with E-state index in [1.54, 1.807) is 34.0 Å². The highest BCUT2D eigenvalue weighted by Gasteiger charge is 2.13. The van der Waals surface area contributed by atoms with E-state index in [9.17, 15) is 0 Å². The van der Waals surface area contributed by atoms with Crippen molar-refractivity contribution in [1.29, 1.82) is 0 Å². The smallest absolute Gasteiger partial charge is 0.181 e. The average molecular weight is 631 g/mol. The van der Waals surface area contributed by atoms with E-state index in [-0.39, 0.29) is 7.43 Å². The number of aryl methyl sites for hydroxylation is 3. The third kappa shape index (κ3) is 8.36. The summed E-state index contributed by atoms with van der Waals surface area (Å²) >= 11 is 0. The summed E-state index contributed by atoms with van der Waals surface area (Å²) in [5.41, 5.74) is 8.41. The molecule has 0 amide bonds. The Labute approximate surface area is 270 Å². The molecule has 0 aliphatic rings. The Kier molecular flexibility index (Phi) is 13.9. The number of anilines is 1. The standard InChI is InChI=1S/C14H18N2O.2C9H12N4O.CH4/c1-4-10-11-7-5-6-8-13(11)16-14(15-2)12(10)9-17-3;2*1-3-7-12-6(4-14-2)8-9(13-7)11-5-10-8;/h5-8H,4,9H2,1-3H3,(H,15,16);2*5H,3-4H2,1-2H3,(H,10,11,12,13);1H4. The number of hydrogen-bond acceptors (Lipinski definition) is 11. The first-order valence-electron chi connectivity index (χ1n) is 14.9. The number of rotatable bonds is 10. The normalized spacial score (nSPS) is 10.7. The molecular weight excluding hydrogens is 584 g/mol. The third-order valence-electron chi connectivity index (χ3n) is 7.00. The molecule has 0 atom stereocenters. The third-order valence-corrected chi connectivity index (χ3v) is 7.00. The van der Waals surface area contributed by atoms with Gasteiger partial charge in [0.05, 0.1) is 49.4 Å². The van der Waals surface area contributed by atoms with Crippen LogP contribution in [0, 0.1) is 0 Å². The first-order chi connectivity index (χ1) is 22.0. The number of benzene rings is 1. The predicted octanol–water partition coefficient (Wildman–Crippen LogP) is 5.74. The lowest BCUT2D eigenvalue weighted by molar-refractivity contribution is 0.182. The van der Waals surface area contributed by atoms with Crippen molar-refractivity contribution in [3.63, 3.8) is 0 Å². The number of H-pyrrole nitrogens is 2. The van der Waals surface area contributed by atoms with Gasteiger partial charge in [-0.25, -0.2) is 34.9 Å². The van der Waals surface area contributed by atoms with Crippen LogP contribution in [0.15, 0.2) is 36.9 Å². The zero-order chi connectivity index (χ0) is 32.2. The highest BCUT2D eigenvalue weighted by atomic mass is 16.5. The fourth-order valence-corrected chi connectivity index (χ4v) is 4.91. The van der Waals surface area contributed by atoms with Crippen molar-refractivity contribution in [2.75, 3.05) is 33.7 Å². The van der Waals surface area contributed by atoms with Gasteiger partial charge >= 0.3 is 0 Å². The summed E-state index contributed by atoms with van der Waals surface area (Å²) in [6.07, 6.45) is 5.84. The highest BCUT2D eigenvalue weighted by Crippen LogP contribution is 2.27. The fraction of sp³-hybridized carbons (Fsp3) is 0.424. The molecule has 246 valence electrons. The van der Waals surface area contributed by atoms with Gasteiger partial charge in [0.25, 0.3) is 0 Å². The van der Waals surface area contributed by atoms with Crippen molar-refractivity contribution < 1.29 is 14.2 Å².